The Morgan fingerprint density at radius 2 is 2.35 bits per heavy atom. The second-order valence-corrected chi connectivity index (χ2v) is 5.83. The Morgan fingerprint density at radius 1 is 1.48 bits per heavy atom. The summed E-state index contributed by atoms with van der Waals surface area (Å²) in [5, 5.41) is 6.78. The lowest BCUT2D eigenvalue weighted by atomic mass is 9.94. The number of aryl methyl sites for hydroxylation is 1. The van der Waals surface area contributed by atoms with Crippen molar-refractivity contribution in [3.8, 4) is 0 Å². The Hall–Kier alpha value is -2.57. The molecule has 0 saturated carbocycles. The number of rotatable bonds is 5. The van der Waals surface area contributed by atoms with E-state index in [-0.39, 0.29) is 17.5 Å². The van der Waals surface area contributed by atoms with Gasteiger partial charge in [-0.25, -0.2) is 0 Å². The van der Waals surface area contributed by atoms with Gasteiger partial charge in [-0.1, -0.05) is 0 Å². The lowest BCUT2D eigenvalue weighted by Gasteiger charge is -2.32. The Bertz CT molecular complexity index is 677. The molecule has 2 aromatic heterocycles. The molecule has 0 aliphatic carbocycles. The van der Waals surface area contributed by atoms with Gasteiger partial charge in [0.2, 0.25) is 5.91 Å². The fraction of sp³-hybridized carbons (Fsp3) is 0.438. The van der Waals surface area contributed by atoms with Crippen LogP contribution in [0.3, 0.4) is 0 Å². The molecule has 3 heterocycles. The zero-order chi connectivity index (χ0) is 16.2. The maximum atomic E-state index is 12.4. The summed E-state index contributed by atoms with van der Waals surface area (Å²) < 4.78 is 5.26. The quantitative estimate of drug-likeness (QED) is 0.870. The molecule has 122 valence electrons. The average Bonchev–Trinajstić information content (AvgIpc) is 3.24. The maximum absolute atomic E-state index is 12.4. The van der Waals surface area contributed by atoms with Crippen molar-refractivity contribution < 1.29 is 14.0 Å². The predicted molar refractivity (Wildman–Crippen MR) is 82.7 cm³/mol. The molecule has 2 amide bonds. The highest BCUT2D eigenvalue weighted by atomic mass is 16.3. The molecule has 3 rings (SSSR count). The summed E-state index contributed by atoms with van der Waals surface area (Å²) in [6.45, 7) is 1.40. The van der Waals surface area contributed by atoms with Gasteiger partial charge in [0.15, 0.2) is 0 Å². The van der Waals surface area contributed by atoms with Gasteiger partial charge in [0, 0.05) is 37.5 Å². The lowest BCUT2D eigenvalue weighted by Crippen LogP contribution is -2.39. The summed E-state index contributed by atoms with van der Waals surface area (Å²) in [5.74, 6) is 0.568. The fourth-order valence-corrected chi connectivity index (χ4v) is 2.97. The molecule has 1 unspecified atom stereocenters. The van der Waals surface area contributed by atoms with Crippen molar-refractivity contribution >= 4 is 11.8 Å². The molecule has 1 aliphatic rings. The Morgan fingerprint density at radius 3 is 3.04 bits per heavy atom. The molecule has 1 fully saturated rings. The number of likely N-dealkylation sites (tertiary alicyclic amines) is 1. The van der Waals surface area contributed by atoms with E-state index in [4.69, 9.17) is 10.2 Å². The molecule has 1 saturated heterocycles. The van der Waals surface area contributed by atoms with Crippen molar-refractivity contribution in [3.05, 3.63) is 41.6 Å². The van der Waals surface area contributed by atoms with Gasteiger partial charge in [-0.3, -0.25) is 14.7 Å². The molecular formula is C16H20N4O3. The number of primary amides is 1. The van der Waals surface area contributed by atoms with E-state index in [1.807, 2.05) is 17.0 Å². The third kappa shape index (κ3) is 3.61. The number of hydrogen-bond acceptors (Lipinski definition) is 4. The molecule has 3 N–H and O–H groups in total. The zero-order valence-electron chi connectivity index (χ0n) is 12.8. The van der Waals surface area contributed by atoms with Crippen LogP contribution in [0.25, 0.3) is 0 Å². The molecule has 0 radical (unpaired) electrons. The van der Waals surface area contributed by atoms with Gasteiger partial charge in [0.1, 0.15) is 11.5 Å². The number of hydrogen-bond donors (Lipinski definition) is 2. The first-order chi connectivity index (χ1) is 11.1. The van der Waals surface area contributed by atoms with Crippen molar-refractivity contribution in [2.75, 3.05) is 13.1 Å². The zero-order valence-corrected chi connectivity index (χ0v) is 12.8. The summed E-state index contributed by atoms with van der Waals surface area (Å²) in [6.07, 6.45) is 4.56. The first-order valence-corrected chi connectivity index (χ1v) is 7.78. The molecule has 0 aromatic carbocycles. The van der Waals surface area contributed by atoms with Crippen molar-refractivity contribution in [2.45, 2.75) is 31.6 Å². The molecule has 2 aromatic rings. The van der Waals surface area contributed by atoms with Crippen LogP contribution in [0.2, 0.25) is 0 Å². The van der Waals surface area contributed by atoms with Gasteiger partial charge in [0.25, 0.3) is 5.91 Å². The van der Waals surface area contributed by atoms with Gasteiger partial charge in [-0.15, -0.1) is 0 Å². The summed E-state index contributed by atoms with van der Waals surface area (Å²) >= 11 is 0. The minimum absolute atomic E-state index is 0.126. The summed E-state index contributed by atoms with van der Waals surface area (Å²) in [5.41, 5.74) is 6.32. The highest BCUT2D eigenvalue weighted by molar-refractivity contribution is 5.90. The Labute approximate surface area is 133 Å². The van der Waals surface area contributed by atoms with Crippen LogP contribution in [-0.2, 0) is 11.2 Å². The molecule has 7 heteroatoms. The third-order valence-corrected chi connectivity index (χ3v) is 4.23. The van der Waals surface area contributed by atoms with E-state index in [9.17, 15) is 9.59 Å². The second kappa shape index (κ2) is 6.68. The number of piperidine rings is 1. The summed E-state index contributed by atoms with van der Waals surface area (Å²) in [7, 11) is 0. The van der Waals surface area contributed by atoms with E-state index < -0.39 is 5.91 Å². The van der Waals surface area contributed by atoms with Crippen LogP contribution in [0, 0.1) is 0 Å². The minimum Gasteiger partial charge on any atom is -0.469 e. The van der Waals surface area contributed by atoms with Gasteiger partial charge >= 0.3 is 0 Å². The fourth-order valence-electron chi connectivity index (χ4n) is 2.97. The first kappa shape index (κ1) is 15.3. The smallest absolute Gasteiger partial charge is 0.269 e. The van der Waals surface area contributed by atoms with E-state index >= 15 is 0 Å². The number of nitrogens with zero attached hydrogens (tertiary/aromatic N) is 2. The van der Waals surface area contributed by atoms with Crippen LogP contribution >= 0.6 is 0 Å². The topological polar surface area (TPSA) is 105 Å². The Balaban J connectivity index is 1.58. The van der Waals surface area contributed by atoms with E-state index in [2.05, 4.69) is 10.2 Å². The molecule has 7 nitrogen and oxygen atoms in total. The Kier molecular flexibility index (Phi) is 4.45. The van der Waals surface area contributed by atoms with Crippen LogP contribution < -0.4 is 5.73 Å². The number of aromatic nitrogens is 2. The normalized spacial score (nSPS) is 18.1. The van der Waals surface area contributed by atoms with Gasteiger partial charge in [-0.2, -0.15) is 5.10 Å². The van der Waals surface area contributed by atoms with Crippen molar-refractivity contribution in [1.29, 1.82) is 0 Å². The largest absolute Gasteiger partial charge is 0.469 e. The monoisotopic (exact) mass is 316 g/mol. The first-order valence-electron chi connectivity index (χ1n) is 7.78. The van der Waals surface area contributed by atoms with Crippen LogP contribution in [-0.4, -0.2) is 40.0 Å². The number of carbonyl (C=O) groups excluding carboxylic acids is 2. The van der Waals surface area contributed by atoms with E-state index in [0.29, 0.717) is 19.4 Å². The third-order valence-electron chi connectivity index (χ3n) is 4.23. The molecule has 1 atom stereocenters. The highest BCUT2D eigenvalue weighted by Gasteiger charge is 2.26. The summed E-state index contributed by atoms with van der Waals surface area (Å²) in [6, 6.07) is 5.39. The van der Waals surface area contributed by atoms with Crippen molar-refractivity contribution in [3.63, 3.8) is 0 Å². The average molecular weight is 316 g/mol. The van der Waals surface area contributed by atoms with Gasteiger partial charge in [0.05, 0.1) is 6.26 Å². The molecule has 0 bridgehead atoms. The molecule has 0 spiro atoms. The standard InChI is InChI=1S/C16H20N4O3/c17-16(22)14-9-13(18-19-14)11-3-1-7-20(10-11)15(21)6-5-12-4-2-8-23-12/h2,4,8-9,11H,1,3,5-7,10H2,(H2,17,22)(H,18,19). The van der Waals surface area contributed by atoms with E-state index in [0.717, 1.165) is 30.8 Å². The lowest BCUT2D eigenvalue weighted by molar-refractivity contribution is -0.132. The van der Waals surface area contributed by atoms with E-state index in [1.54, 1.807) is 12.3 Å². The minimum atomic E-state index is -0.547. The molecule has 23 heavy (non-hydrogen) atoms. The molecule has 1 aliphatic heterocycles. The van der Waals surface area contributed by atoms with Gasteiger partial charge in [-0.05, 0) is 31.0 Å². The number of nitrogens with one attached hydrogen (secondary N) is 1. The number of carbonyl (C=O) groups is 2. The van der Waals surface area contributed by atoms with Gasteiger partial charge < -0.3 is 15.1 Å². The van der Waals surface area contributed by atoms with E-state index in [1.165, 1.54) is 0 Å². The predicted octanol–water partition coefficient (Wildman–Crippen LogP) is 1.44. The maximum Gasteiger partial charge on any atom is 0.269 e. The van der Waals surface area contributed by atoms with Crippen LogP contribution in [0.15, 0.2) is 28.9 Å². The molecular weight excluding hydrogens is 296 g/mol. The highest BCUT2D eigenvalue weighted by Crippen LogP contribution is 2.26. The number of nitrogens with two attached hydrogens (primary N) is 1. The number of aromatic amines is 1. The SMILES string of the molecule is NC(=O)c1cc(C2CCCN(C(=O)CCc3ccco3)C2)[nH]n1. The van der Waals surface area contributed by atoms with Crippen LogP contribution in [0.5, 0.6) is 0 Å². The number of H-pyrrole nitrogens is 1. The van der Waals surface area contributed by atoms with Crippen molar-refractivity contribution in [2.24, 2.45) is 5.73 Å². The summed E-state index contributed by atoms with van der Waals surface area (Å²) in [4.78, 5) is 25.4. The number of furan rings is 1. The van der Waals surface area contributed by atoms with Crippen LogP contribution in [0.1, 0.15) is 47.1 Å². The van der Waals surface area contributed by atoms with Crippen LogP contribution in [0.4, 0.5) is 0 Å². The van der Waals surface area contributed by atoms with Crippen molar-refractivity contribution in [1.82, 2.24) is 15.1 Å². The second-order valence-electron chi connectivity index (χ2n) is 5.83. The number of amides is 2.